The summed E-state index contributed by atoms with van der Waals surface area (Å²) in [5, 5.41) is 13.4. The van der Waals surface area contributed by atoms with Crippen molar-refractivity contribution < 1.29 is 32.2 Å². The topological polar surface area (TPSA) is 93.6 Å². The van der Waals surface area contributed by atoms with Gasteiger partial charge in [-0.3, -0.25) is 4.79 Å². The van der Waals surface area contributed by atoms with Crippen molar-refractivity contribution in [3.63, 3.8) is 0 Å². The molecule has 176 valence electrons. The van der Waals surface area contributed by atoms with Gasteiger partial charge in [0.2, 0.25) is 0 Å². The first-order chi connectivity index (χ1) is 15.5. The number of carbonyl (C=O) groups excluding carboxylic acids is 1. The zero-order chi connectivity index (χ0) is 24.3. The van der Waals surface area contributed by atoms with Gasteiger partial charge in [0, 0.05) is 12.1 Å². The van der Waals surface area contributed by atoms with Gasteiger partial charge in [-0.1, -0.05) is 23.7 Å². The number of nitrogen functional groups attached to an aromatic ring is 1. The monoisotopic (exact) mass is 486 g/mol. The number of aromatic nitrogens is 2. The lowest BCUT2D eigenvalue weighted by Gasteiger charge is -2.26. The van der Waals surface area contributed by atoms with Gasteiger partial charge in [-0.25, -0.2) is 4.39 Å². The number of methoxy groups -OCH3 is 1. The van der Waals surface area contributed by atoms with Crippen molar-refractivity contribution >= 4 is 17.5 Å². The number of carbonyl (C=O) groups is 1. The third-order valence-electron chi connectivity index (χ3n) is 4.76. The Balaban J connectivity index is 1.92. The molecule has 0 fully saturated rings. The Morgan fingerprint density at radius 1 is 1.24 bits per heavy atom. The van der Waals surface area contributed by atoms with Crippen molar-refractivity contribution in [2.24, 2.45) is 0 Å². The highest BCUT2D eigenvalue weighted by molar-refractivity contribution is 6.31. The number of nitrogens with zero attached hydrogens (tertiary/aromatic N) is 3. The number of hydrogen-bond donors (Lipinski definition) is 2. The van der Waals surface area contributed by atoms with E-state index in [4.69, 9.17) is 22.2 Å². The zero-order valence-electron chi connectivity index (χ0n) is 17.2. The van der Waals surface area contributed by atoms with Crippen LogP contribution in [0.15, 0.2) is 48.5 Å². The molecular weight excluding hydrogens is 468 g/mol. The molecule has 0 aliphatic heterocycles. The maximum atomic E-state index is 13.4. The highest BCUT2D eigenvalue weighted by Gasteiger charge is 2.40. The van der Waals surface area contributed by atoms with Crippen molar-refractivity contribution in [2.75, 3.05) is 19.5 Å². The molecule has 0 saturated heterocycles. The van der Waals surface area contributed by atoms with Crippen LogP contribution >= 0.6 is 11.6 Å². The van der Waals surface area contributed by atoms with Crippen LogP contribution < -0.4 is 10.6 Å². The quantitative estimate of drug-likeness (QED) is 0.393. The first-order valence-electron chi connectivity index (χ1n) is 9.47. The normalized spacial score (nSPS) is 12.5. The molecule has 1 aromatic heterocycles. The number of benzene rings is 2. The summed E-state index contributed by atoms with van der Waals surface area (Å²) in [6.07, 6.45) is -7.71. The van der Waals surface area contributed by atoms with Crippen LogP contribution in [0.1, 0.15) is 16.1 Å². The molecule has 2 aromatic carbocycles. The van der Waals surface area contributed by atoms with E-state index in [2.05, 4.69) is 5.10 Å². The summed E-state index contributed by atoms with van der Waals surface area (Å²) in [6, 6.07) is 11.3. The SMILES string of the molecule is COc1ccc(CN(CC(O)C(F)(F)F)C(=O)c2cc(-c3ccc(F)c(Cl)c3)nn2N)cc1. The second kappa shape index (κ2) is 9.67. The average Bonchev–Trinajstić information content (AvgIpc) is 3.16. The highest BCUT2D eigenvalue weighted by Crippen LogP contribution is 2.26. The number of ether oxygens (including phenoxy) is 1. The molecule has 33 heavy (non-hydrogen) atoms. The van der Waals surface area contributed by atoms with Crippen LogP contribution in [-0.2, 0) is 6.54 Å². The molecule has 1 unspecified atom stereocenters. The molecule has 0 saturated carbocycles. The van der Waals surface area contributed by atoms with Gasteiger partial charge >= 0.3 is 6.18 Å². The van der Waals surface area contributed by atoms with Crippen molar-refractivity contribution in [3.05, 3.63) is 70.6 Å². The predicted octanol–water partition coefficient (Wildman–Crippen LogP) is 3.63. The van der Waals surface area contributed by atoms with Crippen molar-refractivity contribution in [1.82, 2.24) is 14.8 Å². The maximum Gasteiger partial charge on any atom is 0.416 e. The molecule has 0 aliphatic rings. The summed E-state index contributed by atoms with van der Waals surface area (Å²) in [5.74, 6) is 4.75. The van der Waals surface area contributed by atoms with Crippen LogP contribution in [0.4, 0.5) is 17.6 Å². The molecule has 0 radical (unpaired) electrons. The van der Waals surface area contributed by atoms with Gasteiger partial charge in [0.1, 0.15) is 17.3 Å². The number of amides is 1. The molecular formula is C21H19ClF4N4O3. The Bertz CT molecular complexity index is 1140. The van der Waals surface area contributed by atoms with Crippen molar-refractivity contribution in [3.8, 4) is 17.0 Å². The Kier molecular flexibility index (Phi) is 7.13. The molecule has 12 heteroatoms. The summed E-state index contributed by atoms with van der Waals surface area (Å²) in [5.41, 5.74) is 0.751. The number of aliphatic hydroxyl groups excluding tert-OH is 1. The van der Waals surface area contributed by atoms with E-state index in [0.29, 0.717) is 21.7 Å². The maximum absolute atomic E-state index is 13.4. The number of hydrogen-bond acceptors (Lipinski definition) is 5. The highest BCUT2D eigenvalue weighted by atomic mass is 35.5. The first kappa shape index (κ1) is 24.3. The van der Waals surface area contributed by atoms with Crippen LogP contribution in [0, 0.1) is 5.82 Å². The lowest BCUT2D eigenvalue weighted by atomic mass is 10.1. The van der Waals surface area contributed by atoms with Crippen LogP contribution in [0.5, 0.6) is 5.75 Å². The van der Waals surface area contributed by atoms with Crippen LogP contribution in [0.3, 0.4) is 0 Å². The number of aliphatic hydroxyl groups is 1. The van der Waals surface area contributed by atoms with Crippen LogP contribution in [-0.4, -0.2) is 51.7 Å². The number of nitrogens with two attached hydrogens (primary N) is 1. The molecule has 7 nitrogen and oxygen atoms in total. The molecule has 1 heterocycles. The summed E-state index contributed by atoms with van der Waals surface area (Å²) in [6.45, 7) is -1.28. The van der Waals surface area contributed by atoms with E-state index < -0.39 is 30.5 Å². The fraction of sp³-hybridized carbons (Fsp3) is 0.238. The van der Waals surface area contributed by atoms with Crippen molar-refractivity contribution in [1.29, 1.82) is 0 Å². The second-order valence-corrected chi connectivity index (χ2v) is 7.49. The van der Waals surface area contributed by atoms with E-state index in [1.165, 1.54) is 25.3 Å². The van der Waals surface area contributed by atoms with E-state index in [1.54, 1.807) is 24.3 Å². The van der Waals surface area contributed by atoms with Crippen LogP contribution in [0.25, 0.3) is 11.3 Å². The van der Waals surface area contributed by atoms with Gasteiger partial charge in [0.05, 0.1) is 24.4 Å². The average molecular weight is 487 g/mol. The Morgan fingerprint density at radius 3 is 2.48 bits per heavy atom. The molecule has 3 N–H and O–H groups in total. The van der Waals surface area contributed by atoms with Gasteiger partial charge in [-0.15, -0.1) is 0 Å². The summed E-state index contributed by atoms with van der Waals surface area (Å²) >= 11 is 5.78. The molecule has 1 atom stereocenters. The predicted molar refractivity (Wildman–Crippen MR) is 113 cm³/mol. The first-order valence-corrected chi connectivity index (χ1v) is 9.85. The Labute approximate surface area is 190 Å². The van der Waals surface area contributed by atoms with Crippen molar-refractivity contribution in [2.45, 2.75) is 18.8 Å². The molecule has 0 bridgehead atoms. The van der Waals surface area contributed by atoms with Gasteiger partial charge in [0.25, 0.3) is 5.91 Å². The number of halogens is 5. The third kappa shape index (κ3) is 5.74. The minimum Gasteiger partial charge on any atom is -0.497 e. The molecule has 3 aromatic rings. The molecule has 0 spiro atoms. The fourth-order valence-corrected chi connectivity index (χ4v) is 3.18. The molecule has 3 rings (SSSR count). The largest absolute Gasteiger partial charge is 0.497 e. The van der Waals surface area contributed by atoms with Crippen LogP contribution in [0.2, 0.25) is 5.02 Å². The van der Waals surface area contributed by atoms with Gasteiger partial charge in [0.15, 0.2) is 6.10 Å². The molecule has 0 aliphatic carbocycles. The van der Waals surface area contributed by atoms with Gasteiger partial charge < -0.3 is 20.6 Å². The van der Waals surface area contributed by atoms with E-state index in [-0.39, 0.29) is 23.0 Å². The van der Waals surface area contributed by atoms with E-state index in [0.717, 1.165) is 11.0 Å². The zero-order valence-corrected chi connectivity index (χ0v) is 17.9. The minimum atomic E-state index is -4.93. The minimum absolute atomic E-state index is 0.156. The Hall–Kier alpha value is -3.31. The summed E-state index contributed by atoms with van der Waals surface area (Å²) in [7, 11) is 1.46. The van der Waals surface area contributed by atoms with E-state index in [9.17, 15) is 27.5 Å². The second-order valence-electron chi connectivity index (χ2n) is 7.08. The van der Waals surface area contributed by atoms with E-state index >= 15 is 0 Å². The van der Waals surface area contributed by atoms with Gasteiger partial charge in [-0.05, 0) is 42.0 Å². The lowest BCUT2D eigenvalue weighted by molar-refractivity contribution is -0.206. The Morgan fingerprint density at radius 2 is 1.91 bits per heavy atom. The summed E-state index contributed by atoms with van der Waals surface area (Å²) in [4.78, 5) is 14.6. The lowest BCUT2D eigenvalue weighted by Crippen LogP contribution is -2.44. The fourth-order valence-electron chi connectivity index (χ4n) is 3.00. The number of rotatable bonds is 7. The third-order valence-corrected chi connectivity index (χ3v) is 5.05. The standard InChI is InChI=1S/C21H19ClF4N4O3/c1-33-14-5-2-12(3-6-14)10-29(11-19(31)21(24,25)26)20(32)18-9-17(28-30(18)27)13-4-7-16(23)15(22)8-13/h2-9,19,31H,10-11,27H2,1H3. The number of alkyl halides is 3. The smallest absolute Gasteiger partial charge is 0.416 e. The summed E-state index contributed by atoms with van der Waals surface area (Å²) < 4.78 is 57.5. The molecule has 1 amide bonds. The van der Waals surface area contributed by atoms with Gasteiger partial charge in [-0.2, -0.15) is 23.1 Å². The van der Waals surface area contributed by atoms with E-state index in [1.807, 2.05) is 0 Å².